The number of hydrogen-bond donors (Lipinski definition) is 1. The zero-order valence-corrected chi connectivity index (χ0v) is 18.0. The Kier molecular flexibility index (Phi) is 6.46. The third-order valence-corrected chi connectivity index (χ3v) is 5.75. The number of rotatable bonds is 6. The van der Waals surface area contributed by atoms with Crippen molar-refractivity contribution in [3.05, 3.63) is 66.5 Å². The Balaban J connectivity index is 0.000000489. The van der Waals surface area contributed by atoms with Gasteiger partial charge in [0.15, 0.2) is 0 Å². The number of benzene rings is 2. The van der Waals surface area contributed by atoms with Crippen LogP contribution in [0, 0.1) is 5.92 Å². The Morgan fingerprint density at radius 3 is 2.57 bits per heavy atom. The molecule has 30 heavy (non-hydrogen) atoms. The molecule has 2 aromatic carbocycles. The van der Waals surface area contributed by atoms with Crippen molar-refractivity contribution in [3.63, 3.8) is 0 Å². The summed E-state index contributed by atoms with van der Waals surface area (Å²) < 4.78 is 7.39. The molecule has 1 aliphatic carbocycles. The second kappa shape index (κ2) is 9.41. The molecule has 4 aromatic rings. The first-order valence-corrected chi connectivity index (χ1v) is 10.9. The molecule has 0 saturated heterocycles. The lowest BCUT2D eigenvalue weighted by molar-refractivity contribution is 0.190. The third-order valence-electron chi connectivity index (χ3n) is 5.75. The molecule has 0 unspecified atom stereocenters. The number of fused-ring (bicyclic) bond motifs is 2. The number of ether oxygens (including phenoxy) is 1. The monoisotopic (exact) mass is 401 g/mol. The van der Waals surface area contributed by atoms with E-state index in [2.05, 4.69) is 71.2 Å². The molecule has 0 aliphatic heterocycles. The van der Waals surface area contributed by atoms with Crippen LogP contribution in [0.15, 0.2) is 60.9 Å². The van der Waals surface area contributed by atoms with Gasteiger partial charge in [0.1, 0.15) is 5.65 Å². The topological polar surface area (TPSA) is 53.1 Å². The van der Waals surface area contributed by atoms with E-state index in [4.69, 9.17) is 10.5 Å². The number of nitrogens with zero attached hydrogens (tertiary/aromatic N) is 2. The molecule has 156 valence electrons. The first-order chi connectivity index (χ1) is 14.7. The van der Waals surface area contributed by atoms with Gasteiger partial charge in [0.25, 0.3) is 0 Å². The maximum Gasteiger partial charge on any atom is 0.140 e. The van der Waals surface area contributed by atoms with Crippen LogP contribution < -0.4 is 5.73 Å². The quantitative estimate of drug-likeness (QED) is 0.417. The van der Waals surface area contributed by atoms with E-state index in [1.165, 1.54) is 34.7 Å². The van der Waals surface area contributed by atoms with Crippen LogP contribution in [0.1, 0.15) is 31.7 Å². The maximum atomic E-state index is 6.08. The number of aryl methyl sites for hydroxylation is 1. The highest BCUT2D eigenvalue weighted by Gasteiger charge is 2.15. The molecular weight excluding hydrogens is 370 g/mol. The van der Waals surface area contributed by atoms with Crippen LogP contribution in [-0.4, -0.2) is 23.3 Å². The summed E-state index contributed by atoms with van der Waals surface area (Å²) >= 11 is 0. The summed E-state index contributed by atoms with van der Waals surface area (Å²) in [6.45, 7) is 4.38. The average Bonchev–Trinajstić information content (AvgIpc) is 3.49. The number of nitrogens with two attached hydrogens (primary N) is 1. The highest BCUT2D eigenvalue weighted by atomic mass is 16.5. The van der Waals surface area contributed by atoms with Gasteiger partial charge in [0.05, 0.1) is 0 Å². The largest absolute Gasteiger partial charge is 0.385 e. The lowest BCUT2D eigenvalue weighted by Gasteiger charge is -2.10. The average molecular weight is 402 g/mol. The summed E-state index contributed by atoms with van der Waals surface area (Å²) in [6, 6.07) is 17.0. The van der Waals surface area contributed by atoms with Gasteiger partial charge in [-0.2, -0.15) is 0 Å². The molecule has 2 aromatic heterocycles. The van der Waals surface area contributed by atoms with Crippen LogP contribution in [0.3, 0.4) is 0 Å². The van der Waals surface area contributed by atoms with Crippen molar-refractivity contribution in [2.45, 2.75) is 39.3 Å². The van der Waals surface area contributed by atoms with E-state index in [0.717, 1.165) is 42.1 Å². The Labute approximate surface area is 178 Å². The van der Waals surface area contributed by atoms with E-state index in [-0.39, 0.29) is 0 Å². The molecule has 1 aliphatic rings. The van der Waals surface area contributed by atoms with Gasteiger partial charge in [-0.15, -0.1) is 0 Å². The highest BCUT2D eigenvalue weighted by molar-refractivity contribution is 6.05. The fraction of sp³-hybridized carbons (Fsp3) is 0.346. The van der Waals surface area contributed by atoms with Gasteiger partial charge < -0.3 is 15.0 Å². The van der Waals surface area contributed by atoms with E-state index < -0.39 is 0 Å². The van der Waals surface area contributed by atoms with Crippen molar-refractivity contribution in [2.75, 3.05) is 13.7 Å². The number of hydrogen-bond acceptors (Lipinski definition) is 3. The maximum absolute atomic E-state index is 6.08. The van der Waals surface area contributed by atoms with Crippen LogP contribution in [0.4, 0.5) is 0 Å². The van der Waals surface area contributed by atoms with E-state index in [0.29, 0.717) is 6.54 Å². The number of pyridine rings is 1. The predicted octanol–water partition coefficient (Wildman–Crippen LogP) is 5.77. The van der Waals surface area contributed by atoms with E-state index >= 15 is 0 Å². The minimum Gasteiger partial charge on any atom is -0.385 e. The van der Waals surface area contributed by atoms with E-state index in [1.807, 2.05) is 6.20 Å². The van der Waals surface area contributed by atoms with E-state index in [9.17, 15) is 0 Å². The summed E-state index contributed by atoms with van der Waals surface area (Å²) in [5.74, 6) is 1.08. The lowest BCUT2D eigenvalue weighted by Crippen LogP contribution is -2.01. The standard InChI is InChI=1S/C22H23N3O.C4H8/c1-26-13-5-12-25-15-17(14-23)21-20(10-11-24-22(21)25)19-9-4-7-16-6-2-3-8-18(16)19;1-4-2-3-4/h2-4,6-11,15H,5,12-14,23H2,1H3;4H,2-3H2,1H3. The Bertz CT molecular complexity index is 1120. The number of methoxy groups -OCH3 is 1. The Morgan fingerprint density at radius 2 is 1.83 bits per heavy atom. The van der Waals surface area contributed by atoms with Gasteiger partial charge in [-0.1, -0.05) is 62.2 Å². The van der Waals surface area contributed by atoms with Gasteiger partial charge in [-0.25, -0.2) is 4.98 Å². The van der Waals surface area contributed by atoms with Crippen molar-refractivity contribution in [1.29, 1.82) is 0 Å². The SMILES string of the molecule is CC1CC1.COCCCn1cc(CN)c2c(-c3cccc4ccccc34)ccnc21. The predicted molar refractivity (Wildman–Crippen MR) is 125 cm³/mol. The summed E-state index contributed by atoms with van der Waals surface area (Å²) in [6.07, 6.45) is 7.96. The molecule has 1 saturated carbocycles. The van der Waals surface area contributed by atoms with E-state index in [1.54, 1.807) is 7.11 Å². The molecule has 1 fully saturated rings. The first-order valence-electron chi connectivity index (χ1n) is 10.9. The van der Waals surface area contributed by atoms with Gasteiger partial charge >= 0.3 is 0 Å². The lowest BCUT2D eigenvalue weighted by atomic mass is 9.96. The van der Waals surface area contributed by atoms with Crippen LogP contribution in [0.25, 0.3) is 32.9 Å². The van der Waals surface area contributed by atoms with Crippen LogP contribution in [0.5, 0.6) is 0 Å². The molecule has 0 spiro atoms. The summed E-state index contributed by atoms with van der Waals surface area (Å²) in [5.41, 5.74) is 10.6. The molecule has 0 bridgehead atoms. The Morgan fingerprint density at radius 1 is 1.07 bits per heavy atom. The smallest absolute Gasteiger partial charge is 0.140 e. The minimum atomic E-state index is 0.497. The molecule has 0 atom stereocenters. The molecule has 0 amide bonds. The molecule has 4 heteroatoms. The Hall–Kier alpha value is -2.69. The summed E-state index contributed by atoms with van der Waals surface area (Å²) in [7, 11) is 1.73. The summed E-state index contributed by atoms with van der Waals surface area (Å²) in [5, 5.41) is 3.64. The van der Waals surface area contributed by atoms with Crippen molar-refractivity contribution in [1.82, 2.24) is 9.55 Å². The fourth-order valence-electron chi connectivity index (χ4n) is 3.85. The zero-order valence-electron chi connectivity index (χ0n) is 18.0. The van der Waals surface area contributed by atoms with Gasteiger partial charge in [-0.3, -0.25) is 0 Å². The zero-order chi connectivity index (χ0) is 20.9. The van der Waals surface area contributed by atoms with Gasteiger partial charge in [-0.05, 0) is 45.9 Å². The second-order valence-corrected chi connectivity index (χ2v) is 8.16. The van der Waals surface area contributed by atoms with Crippen molar-refractivity contribution in [3.8, 4) is 11.1 Å². The third kappa shape index (κ3) is 4.40. The molecular formula is C26H31N3O. The normalized spacial score (nSPS) is 13.4. The summed E-state index contributed by atoms with van der Waals surface area (Å²) in [4.78, 5) is 4.66. The van der Waals surface area contributed by atoms with Crippen molar-refractivity contribution < 1.29 is 4.74 Å². The fourth-order valence-corrected chi connectivity index (χ4v) is 3.85. The van der Waals surface area contributed by atoms with Gasteiger partial charge in [0.2, 0.25) is 0 Å². The van der Waals surface area contributed by atoms with Crippen LogP contribution in [0.2, 0.25) is 0 Å². The molecule has 2 heterocycles. The van der Waals surface area contributed by atoms with Crippen molar-refractivity contribution in [2.24, 2.45) is 11.7 Å². The first kappa shape index (κ1) is 20.6. The molecule has 2 N–H and O–H groups in total. The van der Waals surface area contributed by atoms with Gasteiger partial charge in [0, 0.05) is 44.6 Å². The molecule has 4 nitrogen and oxygen atoms in total. The number of aromatic nitrogens is 2. The van der Waals surface area contributed by atoms with Crippen LogP contribution in [-0.2, 0) is 17.8 Å². The van der Waals surface area contributed by atoms with Crippen LogP contribution >= 0.6 is 0 Å². The molecule has 0 radical (unpaired) electrons. The highest BCUT2D eigenvalue weighted by Crippen LogP contribution is 2.35. The van der Waals surface area contributed by atoms with Crippen molar-refractivity contribution >= 4 is 21.8 Å². The second-order valence-electron chi connectivity index (χ2n) is 8.16. The minimum absolute atomic E-state index is 0.497. The molecule has 5 rings (SSSR count).